The van der Waals surface area contributed by atoms with Gasteiger partial charge in [-0.15, -0.1) is 0 Å². The Morgan fingerprint density at radius 1 is 1.11 bits per heavy atom. The largest absolute Gasteiger partial charge is 0.378 e. The summed E-state index contributed by atoms with van der Waals surface area (Å²) >= 11 is 19.2. The molecule has 46 heavy (non-hydrogen) atoms. The molecule has 1 aliphatic carbocycles. The highest BCUT2D eigenvalue weighted by atomic mass is 35.5. The van der Waals surface area contributed by atoms with E-state index in [1.165, 1.54) is 0 Å². The molecule has 4 rings (SSSR count). The Balaban J connectivity index is 1.58. The van der Waals surface area contributed by atoms with E-state index in [4.69, 9.17) is 43.9 Å². The second kappa shape index (κ2) is 16.4. The van der Waals surface area contributed by atoms with Gasteiger partial charge < -0.3 is 9.63 Å². The topological polar surface area (TPSA) is 113 Å². The lowest BCUT2D eigenvalue weighted by molar-refractivity contribution is 0.0975. The molecule has 0 saturated heterocycles. The number of halogens is 3. The third-order valence-electron chi connectivity index (χ3n) is 7.78. The summed E-state index contributed by atoms with van der Waals surface area (Å²) in [7, 11) is -4.10. The van der Waals surface area contributed by atoms with E-state index in [1.54, 1.807) is 12.1 Å². The second-order valence-corrected chi connectivity index (χ2v) is 14.6. The number of aliphatic hydroxyl groups excluding tert-OH is 1. The van der Waals surface area contributed by atoms with Crippen LogP contribution in [0.15, 0.2) is 94.6 Å². The van der Waals surface area contributed by atoms with Gasteiger partial charge in [0.1, 0.15) is 6.23 Å². The third-order valence-corrected chi connectivity index (χ3v) is 9.38. The van der Waals surface area contributed by atoms with Gasteiger partial charge in [0.15, 0.2) is 5.76 Å². The highest BCUT2D eigenvalue weighted by Gasteiger charge is 2.24. The SMILES string of the molecule is C/C=C(\C=C/CC(C)C)C(CC1=CCC(C(O)NCCS(=O)(=O)O)C=C1)c1cc(-c2ccc(Cl)c(-c3ccc(Cl)cc3Cl)c2)on1. The molecule has 3 N–H and O–H groups in total. The monoisotopic (exact) mass is 704 g/mol. The number of allylic oxidation sites excluding steroid dienone is 7. The molecule has 11 heteroatoms. The number of hydrogen-bond acceptors (Lipinski definition) is 6. The first-order chi connectivity index (χ1) is 21.8. The van der Waals surface area contributed by atoms with Crippen molar-refractivity contribution in [1.82, 2.24) is 10.5 Å². The Morgan fingerprint density at radius 2 is 1.89 bits per heavy atom. The standard InChI is InChI=1S/C35H39Cl3N2O5S/c1-4-24(7-5-6-22(2)3)29(18-23-8-10-25(11-9-23)35(41)39-16-17-46(42,43)44)33-21-34(45-40-33)26-12-15-31(37)30(19-26)28-14-13-27(36)20-32(28)38/h4-5,7-10,12-15,19-22,25,29,35,39,41H,6,11,16-18H2,1-3H3,(H,42,43,44)/b7-5-,24-4+. The molecule has 1 heterocycles. The lowest BCUT2D eigenvalue weighted by Gasteiger charge is -2.24. The van der Waals surface area contributed by atoms with Crippen LogP contribution >= 0.6 is 34.8 Å². The fourth-order valence-corrected chi connectivity index (χ4v) is 6.36. The summed E-state index contributed by atoms with van der Waals surface area (Å²) in [6.07, 6.45) is 13.7. The molecule has 0 fully saturated rings. The zero-order valence-electron chi connectivity index (χ0n) is 26.0. The molecule has 0 amide bonds. The summed E-state index contributed by atoms with van der Waals surface area (Å²) in [4.78, 5) is 0. The van der Waals surface area contributed by atoms with Crippen LogP contribution < -0.4 is 5.32 Å². The minimum Gasteiger partial charge on any atom is -0.378 e. The van der Waals surface area contributed by atoms with Crippen molar-refractivity contribution in [3.8, 4) is 22.5 Å². The number of benzene rings is 2. The highest BCUT2D eigenvalue weighted by molar-refractivity contribution is 7.85. The Kier molecular flexibility index (Phi) is 12.9. The minimum absolute atomic E-state index is 0.0489. The predicted molar refractivity (Wildman–Crippen MR) is 188 cm³/mol. The van der Waals surface area contributed by atoms with Gasteiger partial charge in [0, 0.05) is 56.2 Å². The summed E-state index contributed by atoms with van der Waals surface area (Å²) in [5, 5.41) is 19.4. The van der Waals surface area contributed by atoms with Crippen LogP contribution in [0.3, 0.4) is 0 Å². The van der Waals surface area contributed by atoms with E-state index >= 15 is 0 Å². The maximum absolute atomic E-state index is 11.0. The fraction of sp³-hybridized carbons (Fsp3) is 0.343. The quantitative estimate of drug-likeness (QED) is 0.0871. The van der Waals surface area contributed by atoms with Crippen molar-refractivity contribution in [1.29, 1.82) is 0 Å². The van der Waals surface area contributed by atoms with Gasteiger partial charge in [-0.05, 0) is 68.0 Å². The predicted octanol–water partition coefficient (Wildman–Crippen LogP) is 9.29. The average molecular weight is 706 g/mol. The van der Waals surface area contributed by atoms with E-state index in [2.05, 4.69) is 48.6 Å². The van der Waals surface area contributed by atoms with Crippen LogP contribution in [0.25, 0.3) is 22.5 Å². The van der Waals surface area contributed by atoms with Gasteiger partial charge >= 0.3 is 0 Å². The summed E-state index contributed by atoms with van der Waals surface area (Å²) in [6.45, 7) is 6.32. The summed E-state index contributed by atoms with van der Waals surface area (Å²) in [5.74, 6) is 0.317. The van der Waals surface area contributed by atoms with Crippen molar-refractivity contribution in [2.24, 2.45) is 11.8 Å². The van der Waals surface area contributed by atoms with E-state index in [0.29, 0.717) is 39.6 Å². The maximum atomic E-state index is 11.0. The summed E-state index contributed by atoms with van der Waals surface area (Å²) in [6, 6.07) is 12.9. The molecule has 0 radical (unpaired) electrons. The lowest BCUT2D eigenvalue weighted by Crippen LogP contribution is -2.38. The van der Waals surface area contributed by atoms with Crippen LogP contribution in [-0.4, -0.2) is 41.8 Å². The molecule has 2 aromatic carbocycles. The average Bonchev–Trinajstić information content (AvgIpc) is 3.48. The van der Waals surface area contributed by atoms with Crippen molar-refractivity contribution in [3.63, 3.8) is 0 Å². The Hall–Kier alpha value is -2.69. The van der Waals surface area contributed by atoms with Crippen LogP contribution in [0.2, 0.25) is 15.1 Å². The second-order valence-electron chi connectivity index (χ2n) is 11.7. The van der Waals surface area contributed by atoms with Crippen LogP contribution in [-0.2, 0) is 10.1 Å². The highest BCUT2D eigenvalue weighted by Crippen LogP contribution is 2.39. The van der Waals surface area contributed by atoms with Crippen LogP contribution in [0.4, 0.5) is 0 Å². The van der Waals surface area contributed by atoms with E-state index in [1.807, 2.05) is 49.4 Å². The molecule has 3 aromatic rings. The Labute approximate surface area is 286 Å². The van der Waals surface area contributed by atoms with Crippen LogP contribution in [0.5, 0.6) is 0 Å². The van der Waals surface area contributed by atoms with Crippen molar-refractivity contribution >= 4 is 44.9 Å². The third kappa shape index (κ3) is 10.2. The van der Waals surface area contributed by atoms with Crippen molar-refractivity contribution in [2.75, 3.05) is 12.3 Å². The molecule has 0 saturated carbocycles. The Morgan fingerprint density at radius 3 is 2.54 bits per heavy atom. The van der Waals surface area contributed by atoms with Gasteiger partial charge in [-0.3, -0.25) is 9.87 Å². The zero-order chi connectivity index (χ0) is 33.4. The first-order valence-electron chi connectivity index (χ1n) is 15.1. The molecular weight excluding hydrogens is 667 g/mol. The number of aromatic nitrogens is 1. The van der Waals surface area contributed by atoms with Gasteiger partial charge in [0.25, 0.3) is 10.1 Å². The van der Waals surface area contributed by atoms with Gasteiger partial charge in [-0.1, -0.05) is 102 Å². The number of nitrogens with one attached hydrogen (secondary N) is 1. The number of aliphatic hydroxyl groups is 1. The number of rotatable bonds is 14. The molecule has 7 nitrogen and oxygen atoms in total. The minimum atomic E-state index is -4.10. The van der Waals surface area contributed by atoms with Crippen molar-refractivity contribution in [3.05, 3.63) is 111 Å². The smallest absolute Gasteiger partial charge is 0.266 e. The summed E-state index contributed by atoms with van der Waals surface area (Å²) < 4.78 is 36.9. The first kappa shape index (κ1) is 36.2. The lowest BCUT2D eigenvalue weighted by atomic mass is 9.84. The molecule has 3 atom stereocenters. The normalized spacial score (nSPS) is 17.1. The van der Waals surface area contributed by atoms with Gasteiger partial charge in [0.2, 0.25) is 0 Å². The van der Waals surface area contributed by atoms with Crippen molar-refractivity contribution in [2.45, 2.75) is 52.2 Å². The Bertz CT molecular complexity index is 1740. The van der Waals surface area contributed by atoms with Gasteiger partial charge in [0.05, 0.1) is 11.4 Å². The molecule has 0 bridgehead atoms. The molecule has 1 aliphatic rings. The fourth-order valence-electron chi connectivity index (χ4n) is 5.25. The van der Waals surface area contributed by atoms with Crippen LogP contribution in [0, 0.1) is 11.8 Å². The van der Waals surface area contributed by atoms with E-state index < -0.39 is 22.1 Å². The number of hydrogen-bond donors (Lipinski definition) is 3. The van der Waals surface area contributed by atoms with Crippen molar-refractivity contribution < 1.29 is 22.6 Å². The molecule has 3 unspecified atom stereocenters. The molecule has 0 spiro atoms. The van der Waals surface area contributed by atoms with E-state index in [-0.39, 0.29) is 18.4 Å². The maximum Gasteiger partial charge on any atom is 0.266 e. The molecule has 246 valence electrons. The van der Waals surface area contributed by atoms with Crippen LogP contribution in [0.1, 0.15) is 51.6 Å². The first-order valence-corrected chi connectivity index (χ1v) is 17.9. The molecule has 1 aromatic heterocycles. The molecular formula is C35H39Cl3N2O5S. The van der Waals surface area contributed by atoms with Gasteiger partial charge in [-0.2, -0.15) is 8.42 Å². The molecule has 0 aliphatic heterocycles. The summed E-state index contributed by atoms with van der Waals surface area (Å²) in [5.41, 5.74) is 5.28. The van der Waals surface area contributed by atoms with Gasteiger partial charge in [-0.25, -0.2) is 0 Å². The zero-order valence-corrected chi connectivity index (χ0v) is 29.0. The van der Waals surface area contributed by atoms with E-state index in [0.717, 1.165) is 40.0 Å². The number of nitrogens with zero attached hydrogens (tertiary/aromatic N) is 1. The van der Waals surface area contributed by atoms with E-state index in [9.17, 15) is 13.5 Å².